The standard InChI is InChI=1S/C16H10F2N2O/c17-8-1-2-10(12(18)5-8)11-6-9(7-19)20-16-14-4-3-13(21-14)15(11)16/h1-2,5-6,13-14H,3-4H2. The van der Waals surface area contributed by atoms with Gasteiger partial charge in [0.2, 0.25) is 0 Å². The van der Waals surface area contributed by atoms with Crippen molar-refractivity contribution < 1.29 is 13.5 Å². The number of hydrogen-bond donors (Lipinski definition) is 0. The van der Waals surface area contributed by atoms with E-state index < -0.39 is 11.6 Å². The topological polar surface area (TPSA) is 45.9 Å². The van der Waals surface area contributed by atoms with Gasteiger partial charge in [0.1, 0.15) is 29.5 Å². The fourth-order valence-electron chi connectivity index (χ4n) is 3.20. The third-order valence-corrected chi connectivity index (χ3v) is 4.07. The van der Waals surface area contributed by atoms with Gasteiger partial charge in [-0.25, -0.2) is 13.8 Å². The van der Waals surface area contributed by atoms with Crippen molar-refractivity contribution >= 4 is 0 Å². The van der Waals surface area contributed by atoms with Gasteiger partial charge in [-0.2, -0.15) is 5.26 Å². The summed E-state index contributed by atoms with van der Waals surface area (Å²) in [5, 5.41) is 9.12. The van der Waals surface area contributed by atoms with Crippen LogP contribution in [0.3, 0.4) is 0 Å². The Morgan fingerprint density at radius 3 is 2.71 bits per heavy atom. The first-order valence-corrected chi connectivity index (χ1v) is 6.73. The van der Waals surface area contributed by atoms with Gasteiger partial charge in [0.25, 0.3) is 0 Å². The maximum atomic E-state index is 14.1. The van der Waals surface area contributed by atoms with Gasteiger partial charge in [-0.3, -0.25) is 0 Å². The molecule has 3 heterocycles. The van der Waals surface area contributed by atoms with Crippen LogP contribution >= 0.6 is 0 Å². The zero-order valence-corrected chi connectivity index (χ0v) is 10.9. The van der Waals surface area contributed by atoms with Crippen LogP contribution in [0.15, 0.2) is 24.3 Å². The van der Waals surface area contributed by atoms with E-state index in [4.69, 9.17) is 10.00 Å². The summed E-state index contributed by atoms with van der Waals surface area (Å²) in [5.74, 6) is -1.27. The molecule has 0 spiro atoms. The van der Waals surface area contributed by atoms with Gasteiger partial charge >= 0.3 is 0 Å². The van der Waals surface area contributed by atoms with Gasteiger partial charge in [-0.1, -0.05) is 0 Å². The summed E-state index contributed by atoms with van der Waals surface area (Å²) in [6, 6.07) is 7.01. The second-order valence-electron chi connectivity index (χ2n) is 5.28. The average Bonchev–Trinajstić information content (AvgIpc) is 3.08. The highest BCUT2D eigenvalue weighted by molar-refractivity contribution is 5.71. The predicted octanol–water partition coefficient (Wildman–Crippen LogP) is 3.80. The Kier molecular flexibility index (Phi) is 2.57. The SMILES string of the molecule is N#Cc1cc(-c2ccc(F)cc2F)c2c(n1)C1CCC2O1. The quantitative estimate of drug-likeness (QED) is 0.800. The number of pyridine rings is 1. The summed E-state index contributed by atoms with van der Waals surface area (Å²) in [5.41, 5.74) is 2.66. The Hall–Kier alpha value is -2.32. The van der Waals surface area contributed by atoms with Crippen LogP contribution < -0.4 is 0 Å². The van der Waals surface area contributed by atoms with Gasteiger partial charge in [-0.05, 0) is 36.6 Å². The van der Waals surface area contributed by atoms with Gasteiger partial charge in [0, 0.05) is 17.2 Å². The second-order valence-corrected chi connectivity index (χ2v) is 5.28. The molecule has 0 N–H and O–H groups in total. The van der Waals surface area contributed by atoms with Crippen LogP contribution in [0, 0.1) is 23.0 Å². The minimum atomic E-state index is -0.643. The number of benzene rings is 1. The Bertz CT molecular complexity index is 798. The number of nitrogens with zero attached hydrogens (tertiary/aromatic N) is 2. The molecule has 21 heavy (non-hydrogen) atoms. The van der Waals surface area contributed by atoms with E-state index in [1.807, 2.05) is 6.07 Å². The van der Waals surface area contributed by atoms with E-state index in [0.29, 0.717) is 5.56 Å². The highest BCUT2D eigenvalue weighted by Crippen LogP contribution is 2.53. The molecule has 1 aromatic heterocycles. The molecule has 5 heteroatoms. The fraction of sp³-hybridized carbons (Fsp3) is 0.250. The number of halogens is 2. The van der Waals surface area contributed by atoms with Crippen molar-refractivity contribution in [1.82, 2.24) is 4.98 Å². The molecule has 1 aromatic carbocycles. The molecular formula is C16H10F2N2O. The molecule has 2 aromatic rings. The van der Waals surface area contributed by atoms with Crippen LogP contribution in [0.4, 0.5) is 8.78 Å². The highest BCUT2D eigenvalue weighted by Gasteiger charge is 2.41. The highest BCUT2D eigenvalue weighted by atomic mass is 19.1. The normalized spacial score (nSPS) is 22.1. The molecular weight excluding hydrogens is 274 g/mol. The molecule has 2 bridgehead atoms. The Balaban J connectivity index is 1.99. The Labute approximate surface area is 119 Å². The smallest absolute Gasteiger partial charge is 0.141 e. The van der Waals surface area contributed by atoms with Crippen molar-refractivity contribution in [2.45, 2.75) is 25.0 Å². The monoisotopic (exact) mass is 284 g/mol. The minimum absolute atomic E-state index is 0.107. The summed E-state index contributed by atoms with van der Waals surface area (Å²) >= 11 is 0. The largest absolute Gasteiger partial charge is 0.364 e. The molecule has 1 fully saturated rings. The lowest BCUT2D eigenvalue weighted by atomic mass is 9.88. The first kappa shape index (κ1) is 12.4. The van der Waals surface area contributed by atoms with Crippen molar-refractivity contribution in [3.05, 3.63) is 52.9 Å². The first-order chi connectivity index (χ1) is 10.2. The summed E-state index contributed by atoms with van der Waals surface area (Å²) < 4.78 is 33.0. The molecule has 2 aliphatic rings. The fourth-order valence-corrected chi connectivity index (χ4v) is 3.20. The number of aromatic nitrogens is 1. The lowest BCUT2D eigenvalue weighted by Crippen LogP contribution is -2.05. The third-order valence-electron chi connectivity index (χ3n) is 4.07. The van der Waals surface area contributed by atoms with E-state index in [1.165, 1.54) is 12.1 Å². The van der Waals surface area contributed by atoms with Crippen LogP contribution in [0.2, 0.25) is 0 Å². The van der Waals surface area contributed by atoms with Crippen molar-refractivity contribution in [3.63, 3.8) is 0 Å². The zero-order valence-electron chi connectivity index (χ0n) is 10.9. The van der Waals surface area contributed by atoms with Crippen molar-refractivity contribution in [3.8, 4) is 17.2 Å². The van der Waals surface area contributed by atoms with Crippen LogP contribution in [0.5, 0.6) is 0 Å². The predicted molar refractivity (Wildman–Crippen MR) is 70.1 cm³/mol. The van der Waals surface area contributed by atoms with Crippen molar-refractivity contribution in [2.24, 2.45) is 0 Å². The maximum Gasteiger partial charge on any atom is 0.141 e. The summed E-state index contributed by atoms with van der Waals surface area (Å²) in [4.78, 5) is 4.31. The lowest BCUT2D eigenvalue weighted by molar-refractivity contribution is 0.0705. The third kappa shape index (κ3) is 1.76. The van der Waals surface area contributed by atoms with Crippen molar-refractivity contribution in [2.75, 3.05) is 0 Å². The van der Waals surface area contributed by atoms with Crippen LogP contribution in [-0.4, -0.2) is 4.98 Å². The number of hydrogen-bond acceptors (Lipinski definition) is 3. The molecule has 4 rings (SSSR count). The van der Waals surface area contributed by atoms with Crippen LogP contribution in [0.25, 0.3) is 11.1 Å². The molecule has 0 amide bonds. The molecule has 104 valence electrons. The lowest BCUT2D eigenvalue weighted by Gasteiger charge is -2.16. The Morgan fingerprint density at radius 1 is 1.14 bits per heavy atom. The summed E-state index contributed by atoms with van der Waals surface area (Å²) in [7, 11) is 0. The molecule has 1 saturated heterocycles. The van der Waals surface area contributed by atoms with E-state index >= 15 is 0 Å². The zero-order chi connectivity index (χ0) is 14.6. The number of ether oxygens (including phenoxy) is 1. The van der Waals surface area contributed by atoms with E-state index in [9.17, 15) is 8.78 Å². The summed E-state index contributed by atoms with van der Waals surface area (Å²) in [6.07, 6.45) is 1.51. The van der Waals surface area contributed by atoms with Gasteiger partial charge in [0.15, 0.2) is 0 Å². The number of nitriles is 1. The van der Waals surface area contributed by atoms with Gasteiger partial charge < -0.3 is 4.74 Å². The Morgan fingerprint density at radius 2 is 1.95 bits per heavy atom. The molecule has 2 unspecified atom stereocenters. The van der Waals surface area contributed by atoms with E-state index in [1.54, 1.807) is 6.07 Å². The van der Waals surface area contributed by atoms with Gasteiger partial charge in [0.05, 0.1) is 11.8 Å². The molecule has 0 radical (unpaired) electrons. The molecule has 0 saturated carbocycles. The number of fused-ring (bicyclic) bond motifs is 5. The molecule has 3 nitrogen and oxygen atoms in total. The first-order valence-electron chi connectivity index (χ1n) is 6.73. The van der Waals surface area contributed by atoms with Crippen LogP contribution in [0.1, 0.15) is 42.0 Å². The van der Waals surface area contributed by atoms with E-state index in [2.05, 4.69) is 4.98 Å². The molecule has 2 aliphatic heterocycles. The van der Waals surface area contributed by atoms with Crippen molar-refractivity contribution in [1.29, 1.82) is 5.26 Å². The maximum absolute atomic E-state index is 14.1. The van der Waals surface area contributed by atoms with Gasteiger partial charge in [-0.15, -0.1) is 0 Å². The molecule has 2 atom stereocenters. The summed E-state index contributed by atoms with van der Waals surface area (Å²) in [6.45, 7) is 0. The van der Waals surface area contributed by atoms with E-state index in [0.717, 1.165) is 30.2 Å². The van der Waals surface area contributed by atoms with Crippen LogP contribution in [-0.2, 0) is 4.74 Å². The second kappa shape index (κ2) is 4.34. The number of rotatable bonds is 1. The minimum Gasteiger partial charge on any atom is -0.364 e. The van der Waals surface area contributed by atoms with E-state index in [-0.39, 0.29) is 23.5 Å². The molecule has 0 aliphatic carbocycles. The average molecular weight is 284 g/mol.